The van der Waals surface area contributed by atoms with E-state index in [1.165, 1.54) is 0 Å². The van der Waals surface area contributed by atoms with Gasteiger partial charge in [-0.25, -0.2) is 4.79 Å². The Morgan fingerprint density at radius 1 is 1.36 bits per heavy atom. The molecule has 3 N–H and O–H groups in total. The number of hydrogen-bond acceptors (Lipinski definition) is 4. The molecular formula is C19H26N2O4. The SMILES string of the molecule is COc1cccc(C[C@@H](C)NC(=O)NC[C@@](C)(O)c2ccc(C)o2)c1. The summed E-state index contributed by atoms with van der Waals surface area (Å²) in [5.41, 5.74) is -0.188. The number of furan rings is 1. The van der Waals surface area contributed by atoms with Crippen LogP contribution in [0.1, 0.15) is 30.9 Å². The molecule has 136 valence electrons. The number of carbonyl (C=O) groups is 1. The summed E-state index contributed by atoms with van der Waals surface area (Å²) in [6.07, 6.45) is 0.679. The summed E-state index contributed by atoms with van der Waals surface area (Å²) in [4.78, 5) is 12.1. The summed E-state index contributed by atoms with van der Waals surface area (Å²) < 4.78 is 10.6. The number of rotatable bonds is 7. The molecule has 0 spiro atoms. The predicted molar refractivity (Wildman–Crippen MR) is 95.7 cm³/mol. The Labute approximate surface area is 148 Å². The monoisotopic (exact) mass is 346 g/mol. The van der Waals surface area contributed by atoms with Crippen LogP contribution in [0.25, 0.3) is 0 Å². The van der Waals surface area contributed by atoms with Gasteiger partial charge >= 0.3 is 6.03 Å². The van der Waals surface area contributed by atoms with Gasteiger partial charge in [-0.05, 0) is 57.0 Å². The highest BCUT2D eigenvalue weighted by Gasteiger charge is 2.27. The van der Waals surface area contributed by atoms with Crippen molar-refractivity contribution >= 4 is 6.03 Å². The van der Waals surface area contributed by atoms with Gasteiger partial charge in [0.15, 0.2) is 0 Å². The molecule has 0 radical (unpaired) electrons. The molecule has 6 nitrogen and oxygen atoms in total. The van der Waals surface area contributed by atoms with E-state index in [9.17, 15) is 9.90 Å². The second kappa shape index (κ2) is 8.07. The number of ether oxygens (including phenoxy) is 1. The zero-order chi connectivity index (χ0) is 18.4. The predicted octanol–water partition coefficient (Wildman–Crippen LogP) is 2.73. The van der Waals surface area contributed by atoms with Gasteiger partial charge in [0.2, 0.25) is 0 Å². The minimum atomic E-state index is -1.26. The highest BCUT2D eigenvalue weighted by atomic mass is 16.5. The van der Waals surface area contributed by atoms with E-state index in [-0.39, 0.29) is 18.6 Å². The van der Waals surface area contributed by atoms with Gasteiger partial charge in [0.1, 0.15) is 22.9 Å². The number of benzene rings is 1. The van der Waals surface area contributed by atoms with Crippen LogP contribution in [-0.2, 0) is 12.0 Å². The van der Waals surface area contributed by atoms with E-state index in [1.54, 1.807) is 33.1 Å². The largest absolute Gasteiger partial charge is 0.497 e. The molecule has 2 amide bonds. The summed E-state index contributed by atoms with van der Waals surface area (Å²) in [5.74, 6) is 1.93. The van der Waals surface area contributed by atoms with Gasteiger partial charge in [-0.15, -0.1) is 0 Å². The fourth-order valence-electron chi connectivity index (χ4n) is 2.54. The lowest BCUT2D eigenvalue weighted by Crippen LogP contribution is -2.46. The number of hydrogen-bond donors (Lipinski definition) is 3. The molecule has 2 atom stereocenters. The standard InChI is InChI=1S/C19H26N2O4/c1-13(10-15-6-5-7-16(11-15)24-4)21-18(22)20-12-19(3,23)17-9-8-14(2)25-17/h5-9,11,13,23H,10,12H2,1-4H3,(H2,20,21,22)/t13-,19-/m1/s1. The van der Waals surface area contributed by atoms with Crippen molar-refractivity contribution < 1.29 is 19.1 Å². The summed E-state index contributed by atoms with van der Waals surface area (Å²) in [5, 5.41) is 16.0. The molecule has 0 fully saturated rings. The number of carbonyl (C=O) groups excluding carboxylic acids is 1. The number of methoxy groups -OCH3 is 1. The van der Waals surface area contributed by atoms with Crippen LogP contribution in [-0.4, -0.2) is 30.8 Å². The van der Waals surface area contributed by atoms with Crippen molar-refractivity contribution in [3.05, 3.63) is 53.5 Å². The first-order valence-corrected chi connectivity index (χ1v) is 8.27. The van der Waals surface area contributed by atoms with E-state index >= 15 is 0 Å². The average Bonchev–Trinajstić information content (AvgIpc) is 3.00. The van der Waals surface area contributed by atoms with Crippen LogP contribution in [0.15, 0.2) is 40.8 Å². The third kappa shape index (κ3) is 5.53. The number of aryl methyl sites for hydroxylation is 1. The van der Waals surface area contributed by atoms with Crippen molar-refractivity contribution in [3.63, 3.8) is 0 Å². The number of aliphatic hydroxyl groups is 1. The maximum Gasteiger partial charge on any atom is 0.315 e. The summed E-state index contributed by atoms with van der Waals surface area (Å²) >= 11 is 0. The van der Waals surface area contributed by atoms with Crippen molar-refractivity contribution in [2.75, 3.05) is 13.7 Å². The lowest BCUT2D eigenvalue weighted by Gasteiger charge is -2.22. The Hall–Kier alpha value is -2.47. The Kier molecular flexibility index (Phi) is 6.09. The third-order valence-corrected chi connectivity index (χ3v) is 3.92. The first kappa shape index (κ1) is 18.9. The molecular weight excluding hydrogens is 320 g/mol. The highest BCUT2D eigenvalue weighted by Crippen LogP contribution is 2.21. The molecule has 0 unspecified atom stereocenters. The van der Waals surface area contributed by atoms with Crippen molar-refractivity contribution in [2.24, 2.45) is 0 Å². The molecule has 6 heteroatoms. The van der Waals surface area contributed by atoms with Gasteiger partial charge in [-0.1, -0.05) is 12.1 Å². The number of nitrogens with one attached hydrogen (secondary N) is 2. The zero-order valence-electron chi connectivity index (χ0n) is 15.1. The van der Waals surface area contributed by atoms with Crippen molar-refractivity contribution in [1.29, 1.82) is 0 Å². The molecule has 0 bridgehead atoms. The van der Waals surface area contributed by atoms with Gasteiger partial charge in [0.05, 0.1) is 13.7 Å². The Bertz CT molecular complexity index is 709. The van der Waals surface area contributed by atoms with Crippen LogP contribution in [0.3, 0.4) is 0 Å². The molecule has 0 aliphatic rings. The third-order valence-electron chi connectivity index (χ3n) is 3.92. The van der Waals surface area contributed by atoms with Gasteiger partial charge in [0.25, 0.3) is 0 Å². The summed E-state index contributed by atoms with van der Waals surface area (Å²) in [6.45, 7) is 5.38. The summed E-state index contributed by atoms with van der Waals surface area (Å²) in [7, 11) is 1.63. The summed E-state index contributed by atoms with van der Waals surface area (Å²) in [6, 6.07) is 10.8. The van der Waals surface area contributed by atoms with Crippen LogP contribution in [0.2, 0.25) is 0 Å². The molecule has 0 aliphatic heterocycles. The molecule has 25 heavy (non-hydrogen) atoms. The van der Waals surface area contributed by atoms with Crippen LogP contribution < -0.4 is 15.4 Å². The fraction of sp³-hybridized carbons (Fsp3) is 0.421. The number of amides is 2. The lowest BCUT2D eigenvalue weighted by atomic mass is 10.0. The first-order chi connectivity index (χ1) is 11.8. The second-order valence-corrected chi connectivity index (χ2v) is 6.47. The quantitative estimate of drug-likeness (QED) is 0.720. The molecule has 1 aromatic heterocycles. The van der Waals surface area contributed by atoms with Crippen LogP contribution in [0.5, 0.6) is 5.75 Å². The van der Waals surface area contributed by atoms with E-state index in [0.29, 0.717) is 17.9 Å². The first-order valence-electron chi connectivity index (χ1n) is 8.27. The Morgan fingerprint density at radius 2 is 2.12 bits per heavy atom. The smallest absolute Gasteiger partial charge is 0.315 e. The van der Waals surface area contributed by atoms with E-state index < -0.39 is 5.60 Å². The molecule has 0 saturated carbocycles. The maximum absolute atomic E-state index is 12.1. The minimum absolute atomic E-state index is 0.0532. The Balaban J connectivity index is 1.82. The van der Waals surface area contributed by atoms with Gasteiger partial charge < -0.3 is 24.9 Å². The minimum Gasteiger partial charge on any atom is -0.497 e. The topological polar surface area (TPSA) is 83.7 Å². The number of urea groups is 1. The normalized spacial score (nSPS) is 14.4. The van der Waals surface area contributed by atoms with Gasteiger partial charge in [0, 0.05) is 6.04 Å². The van der Waals surface area contributed by atoms with Crippen molar-refractivity contribution in [2.45, 2.75) is 38.8 Å². The van der Waals surface area contributed by atoms with E-state index in [0.717, 1.165) is 11.3 Å². The molecule has 2 aromatic rings. The van der Waals surface area contributed by atoms with E-state index in [4.69, 9.17) is 9.15 Å². The Morgan fingerprint density at radius 3 is 2.76 bits per heavy atom. The molecule has 0 saturated heterocycles. The van der Waals surface area contributed by atoms with E-state index in [1.807, 2.05) is 31.2 Å². The lowest BCUT2D eigenvalue weighted by molar-refractivity contribution is 0.0359. The van der Waals surface area contributed by atoms with Gasteiger partial charge in [-0.2, -0.15) is 0 Å². The maximum atomic E-state index is 12.1. The molecule has 2 rings (SSSR count). The van der Waals surface area contributed by atoms with Crippen LogP contribution in [0, 0.1) is 6.92 Å². The van der Waals surface area contributed by atoms with Gasteiger partial charge in [-0.3, -0.25) is 0 Å². The van der Waals surface area contributed by atoms with Crippen LogP contribution in [0.4, 0.5) is 4.79 Å². The fourth-order valence-corrected chi connectivity index (χ4v) is 2.54. The van der Waals surface area contributed by atoms with Crippen LogP contribution >= 0.6 is 0 Å². The average molecular weight is 346 g/mol. The zero-order valence-corrected chi connectivity index (χ0v) is 15.1. The van der Waals surface area contributed by atoms with Crippen molar-refractivity contribution in [1.82, 2.24) is 10.6 Å². The van der Waals surface area contributed by atoms with E-state index in [2.05, 4.69) is 10.6 Å². The van der Waals surface area contributed by atoms with Crippen molar-refractivity contribution in [3.8, 4) is 5.75 Å². The highest BCUT2D eigenvalue weighted by molar-refractivity contribution is 5.74. The second-order valence-electron chi connectivity index (χ2n) is 6.47. The molecule has 0 aliphatic carbocycles. The molecule has 1 aromatic carbocycles. The molecule has 1 heterocycles.